The van der Waals surface area contributed by atoms with Gasteiger partial charge in [-0.05, 0) is 35.1 Å². The summed E-state index contributed by atoms with van der Waals surface area (Å²) in [7, 11) is 0. The van der Waals surface area contributed by atoms with Crippen LogP contribution in [0.1, 0.15) is 5.56 Å². The van der Waals surface area contributed by atoms with Crippen LogP contribution in [0.3, 0.4) is 0 Å². The van der Waals surface area contributed by atoms with Crippen molar-refractivity contribution in [2.45, 2.75) is 0 Å². The van der Waals surface area contributed by atoms with E-state index in [1.165, 1.54) is 6.21 Å². The summed E-state index contributed by atoms with van der Waals surface area (Å²) in [5, 5.41) is 6.61. The van der Waals surface area contributed by atoms with E-state index >= 15 is 0 Å². The third-order valence-corrected chi connectivity index (χ3v) is 1.46. The van der Waals surface area contributed by atoms with Gasteiger partial charge in [-0.3, -0.25) is 5.43 Å². The predicted octanol–water partition coefficient (Wildman–Crippen LogP) is 1.25. The summed E-state index contributed by atoms with van der Waals surface area (Å²) in [4.78, 5) is 10.2. The Kier molecular flexibility index (Phi) is 3.69. The summed E-state index contributed by atoms with van der Waals surface area (Å²) in [5.41, 5.74) is 8.64. The number of thiocarbonyl (C=S) groups is 1. The molecule has 1 aromatic carbocycles. The molecule has 0 saturated heterocycles. The molecule has 0 spiro atoms. The molecular formula is C8H8N4OS. The molecule has 0 aliphatic heterocycles. The van der Waals surface area contributed by atoms with Crippen LogP contribution in [0.2, 0.25) is 0 Å². The van der Waals surface area contributed by atoms with Crippen molar-refractivity contribution in [3.8, 4) is 0 Å². The number of nitroso groups, excluding NO2 is 1. The lowest BCUT2D eigenvalue weighted by atomic mass is 10.2. The second kappa shape index (κ2) is 5.03. The van der Waals surface area contributed by atoms with Gasteiger partial charge in [-0.15, -0.1) is 4.91 Å². The summed E-state index contributed by atoms with van der Waals surface area (Å²) in [6.45, 7) is 0. The van der Waals surface area contributed by atoms with Crippen LogP contribution >= 0.6 is 12.2 Å². The van der Waals surface area contributed by atoms with Gasteiger partial charge >= 0.3 is 0 Å². The minimum atomic E-state index is 0.0888. The zero-order valence-corrected chi connectivity index (χ0v) is 7.99. The third kappa shape index (κ3) is 3.28. The maximum Gasteiger partial charge on any atom is 0.184 e. The Morgan fingerprint density at radius 3 is 3.00 bits per heavy atom. The van der Waals surface area contributed by atoms with Crippen LogP contribution in [0.25, 0.3) is 0 Å². The molecule has 6 heteroatoms. The molecule has 1 rings (SSSR count). The van der Waals surface area contributed by atoms with Crippen molar-refractivity contribution in [3.63, 3.8) is 0 Å². The summed E-state index contributed by atoms with van der Waals surface area (Å²) in [6.07, 6.45) is 1.49. The number of nitrogens with two attached hydrogens (primary N) is 1. The lowest BCUT2D eigenvalue weighted by Crippen LogP contribution is -2.23. The molecule has 0 aromatic heterocycles. The molecule has 0 saturated carbocycles. The number of hydrogen-bond donors (Lipinski definition) is 2. The first-order valence-corrected chi connectivity index (χ1v) is 4.15. The molecule has 0 radical (unpaired) electrons. The van der Waals surface area contributed by atoms with E-state index in [9.17, 15) is 4.91 Å². The standard InChI is InChI=1S/C8H8N4OS/c9-8(14)11-10-5-6-2-1-3-7(4-6)12-13/h1-5H,(H3,9,11,14)/b10-5+. The molecular weight excluding hydrogens is 200 g/mol. The Morgan fingerprint density at radius 1 is 1.57 bits per heavy atom. The van der Waals surface area contributed by atoms with Crippen molar-refractivity contribution < 1.29 is 0 Å². The van der Waals surface area contributed by atoms with Crippen molar-refractivity contribution in [3.05, 3.63) is 34.7 Å². The second-order valence-corrected chi connectivity index (χ2v) is 2.86. The van der Waals surface area contributed by atoms with E-state index < -0.39 is 0 Å². The summed E-state index contributed by atoms with van der Waals surface area (Å²) in [6, 6.07) is 6.68. The molecule has 72 valence electrons. The number of benzene rings is 1. The molecule has 0 aliphatic carbocycles. The van der Waals surface area contributed by atoms with Gasteiger partial charge in [0, 0.05) is 0 Å². The summed E-state index contributed by atoms with van der Waals surface area (Å²) < 4.78 is 0. The van der Waals surface area contributed by atoms with Crippen molar-refractivity contribution in [2.24, 2.45) is 16.0 Å². The van der Waals surface area contributed by atoms with Gasteiger partial charge in [0.25, 0.3) is 0 Å². The fourth-order valence-corrected chi connectivity index (χ4v) is 0.885. The first-order chi connectivity index (χ1) is 6.72. The Balaban J connectivity index is 2.71. The number of nitrogens with one attached hydrogen (secondary N) is 1. The largest absolute Gasteiger partial charge is 0.375 e. The molecule has 5 nitrogen and oxygen atoms in total. The number of hydrogen-bond acceptors (Lipinski definition) is 4. The minimum Gasteiger partial charge on any atom is -0.375 e. The summed E-state index contributed by atoms with van der Waals surface area (Å²) in [5.74, 6) is 0. The highest BCUT2D eigenvalue weighted by Gasteiger charge is 1.91. The van der Waals surface area contributed by atoms with Crippen molar-refractivity contribution >= 4 is 29.2 Å². The van der Waals surface area contributed by atoms with Gasteiger partial charge < -0.3 is 5.73 Å². The van der Waals surface area contributed by atoms with Crippen molar-refractivity contribution in [2.75, 3.05) is 0 Å². The van der Waals surface area contributed by atoms with Crippen LogP contribution in [-0.2, 0) is 0 Å². The van der Waals surface area contributed by atoms with Crippen LogP contribution in [0.5, 0.6) is 0 Å². The van der Waals surface area contributed by atoms with Gasteiger partial charge in [-0.2, -0.15) is 5.10 Å². The predicted molar refractivity (Wildman–Crippen MR) is 59.4 cm³/mol. The highest BCUT2D eigenvalue weighted by atomic mass is 32.1. The van der Waals surface area contributed by atoms with E-state index in [4.69, 9.17) is 5.73 Å². The number of hydrazone groups is 1. The minimum absolute atomic E-state index is 0.0888. The summed E-state index contributed by atoms with van der Waals surface area (Å²) >= 11 is 4.54. The van der Waals surface area contributed by atoms with E-state index in [1.54, 1.807) is 24.3 Å². The molecule has 0 aliphatic rings. The van der Waals surface area contributed by atoms with Crippen LogP contribution < -0.4 is 11.2 Å². The first kappa shape index (κ1) is 10.3. The number of nitrogens with zero attached hydrogens (tertiary/aromatic N) is 2. The maximum atomic E-state index is 10.2. The normalized spacial score (nSPS) is 10.0. The highest BCUT2D eigenvalue weighted by Crippen LogP contribution is 2.11. The maximum absolute atomic E-state index is 10.2. The molecule has 0 heterocycles. The van der Waals surface area contributed by atoms with Crippen LogP contribution in [-0.4, -0.2) is 11.3 Å². The van der Waals surface area contributed by atoms with Gasteiger partial charge in [0.2, 0.25) is 0 Å². The zero-order chi connectivity index (χ0) is 10.4. The van der Waals surface area contributed by atoms with E-state index in [2.05, 4.69) is 27.9 Å². The van der Waals surface area contributed by atoms with Crippen molar-refractivity contribution in [1.82, 2.24) is 5.43 Å². The molecule has 0 bridgehead atoms. The molecule has 1 aromatic rings. The Hall–Kier alpha value is -1.82. The Morgan fingerprint density at radius 2 is 2.36 bits per heavy atom. The Labute approximate surface area is 86.0 Å². The van der Waals surface area contributed by atoms with Crippen LogP contribution in [0.15, 0.2) is 34.5 Å². The molecule has 0 atom stereocenters. The van der Waals surface area contributed by atoms with Gasteiger partial charge in [-0.25, -0.2) is 0 Å². The molecule has 0 unspecified atom stereocenters. The monoisotopic (exact) mass is 208 g/mol. The average Bonchev–Trinajstić information content (AvgIpc) is 2.18. The lowest BCUT2D eigenvalue weighted by Gasteiger charge is -1.95. The van der Waals surface area contributed by atoms with E-state index in [-0.39, 0.29) is 5.11 Å². The average molecular weight is 208 g/mol. The van der Waals surface area contributed by atoms with E-state index in [0.717, 1.165) is 5.56 Å². The Bertz CT molecular complexity index is 377. The van der Waals surface area contributed by atoms with Gasteiger partial charge in [0.05, 0.1) is 6.21 Å². The topological polar surface area (TPSA) is 79.8 Å². The van der Waals surface area contributed by atoms with Crippen LogP contribution in [0.4, 0.5) is 5.69 Å². The molecule has 3 N–H and O–H groups in total. The highest BCUT2D eigenvalue weighted by molar-refractivity contribution is 7.80. The molecule has 0 fully saturated rings. The second-order valence-electron chi connectivity index (χ2n) is 2.42. The molecule has 14 heavy (non-hydrogen) atoms. The van der Waals surface area contributed by atoms with Crippen molar-refractivity contribution in [1.29, 1.82) is 0 Å². The van der Waals surface area contributed by atoms with Crippen LogP contribution in [0, 0.1) is 4.91 Å². The van der Waals surface area contributed by atoms with Gasteiger partial charge in [0.15, 0.2) is 5.11 Å². The number of rotatable bonds is 3. The fraction of sp³-hybridized carbons (Fsp3) is 0. The van der Waals surface area contributed by atoms with E-state index in [1.807, 2.05) is 0 Å². The SMILES string of the molecule is NC(=S)N/N=C/c1cccc(N=O)c1. The van der Waals surface area contributed by atoms with Gasteiger partial charge in [-0.1, -0.05) is 12.1 Å². The quantitative estimate of drug-likeness (QED) is 0.339. The lowest BCUT2D eigenvalue weighted by molar-refractivity contribution is 1.04. The fourth-order valence-electron chi connectivity index (χ4n) is 0.832. The zero-order valence-electron chi connectivity index (χ0n) is 7.18. The smallest absolute Gasteiger partial charge is 0.184 e. The third-order valence-electron chi connectivity index (χ3n) is 1.36. The first-order valence-electron chi connectivity index (χ1n) is 3.74. The van der Waals surface area contributed by atoms with E-state index in [0.29, 0.717) is 5.69 Å². The van der Waals surface area contributed by atoms with Gasteiger partial charge in [0.1, 0.15) is 5.69 Å². The molecule has 0 amide bonds.